The average molecular weight is 572 g/mol. The minimum atomic E-state index is -0.448. The number of nitrogens with one attached hydrogen (secondary N) is 2. The van der Waals surface area contributed by atoms with E-state index in [0.717, 1.165) is 51.4 Å². The zero-order valence-electron chi connectivity index (χ0n) is 24.9. The van der Waals surface area contributed by atoms with E-state index in [1.807, 2.05) is 19.1 Å². The van der Waals surface area contributed by atoms with Gasteiger partial charge in [0, 0.05) is 31.6 Å². The van der Waals surface area contributed by atoms with E-state index in [9.17, 15) is 14.4 Å². The van der Waals surface area contributed by atoms with Gasteiger partial charge in [0.05, 0.1) is 17.4 Å². The van der Waals surface area contributed by atoms with Gasteiger partial charge in [0.25, 0.3) is 0 Å². The number of likely N-dealkylation sites (tertiary alicyclic amines) is 1. The lowest BCUT2D eigenvalue weighted by molar-refractivity contribution is -0.168. The maximum atomic E-state index is 14.0. The largest absolute Gasteiger partial charge is 0.450 e. The van der Waals surface area contributed by atoms with E-state index < -0.39 is 10.8 Å². The Morgan fingerprint density at radius 2 is 1.40 bits per heavy atom. The van der Waals surface area contributed by atoms with E-state index in [1.54, 1.807) is 4.90 Å². The normalized spacial score (nSPS) is 28.5. The fraction of sp³-hybridized carbons (Fsp3) is 0.571. The minimum Gasteiger partial charge on any atom is -0.450 e. The maximum Gasteiger partial charge on any atom is 0.409 e. The molecule has 0 aromatic heterocycles. The smallest absolute Gasteiger partial charge is 0.409 e. The minimum absolute atomic E-state index is 0.0638. The van der Waals surface area contributed by atoms with E-state index in [-0.39, 0.29) is 29.9 Å². The van der Waals surface area contributed by atoms with Crippen molar-refractivity contribution in [2.24, 2.45) is 22.7 Å². The molecule has 0 radical (unpaired) electrons. The van der Waals surface area contributed by atoms with Crippen molar-refractivity contribution >= 4 is 17.9 Å². The first kappa shape index (κ1) is 28.8. The SMILES string of the molecule is CCOC(=O)N1CCC(NC(=O)C23CC4CC(CC(C(=O)NCCC(c5ccccc5)c5ccccc5)(C4)C2)C3)CC1. The van der Waals surface area contributed by atoms with Gasteiger partial charge in [0.2, 0.25) is 11.8 Å². The summed E-state index contributed by atoms with van der Waals surface area (Å²) in [6.07, 6.45) is 7.46. The summed E-state index contributed by atoms with van der Waals surface area (Å²) in [6, 6.07) is 21.1. The summed E-state index contributed by atoms with van der Waals surface area (Å²) in [6.45, 7) is 4.00. The van der Waals surface area contributed by atoms with E-state index in [0.29, 0.717) is 44.5 Å². The van der Waals surface area contributed by atoms with Gasteiger partial charge in [-0.15, -0.1) is 0 Å². The molecule has 5 aliphatic rings. The molecule has 7 heteroatoms. The number of amides is 3. The van der Waals surface area contributed by atoms with E-state index in [4.69, 9.17) is 4.74 Å². The van der Waals surface area contributed by atoms with Gasteiger partial charge in [-0.2, -0.15) is 0 Å². The molecule has 42 heavy (non-hydrogen) atoms. The second-order valence-corrected chi connectivity index (χ2v) is 13.4. The first-order valence-electron chi connectivity index (χ1n) is 16.0. The van der Waals surface area contributed by atoms with Crippen LogP contribution in [0.25, 0.3) is 0 Å². The third-order valence-electron chi connectivity index (χ3n) is 10.5. The second-order valence-electron chi connectivity index (χ2n) is 13.4. The van der Waals surface area contributed by atoms with Crippen LogP contribution in [0.3, 0.4) is 0 Å². The summed E-state index contributed by atoms with van der Waals surface area (Å²) in [7, 11) is 0. The van der Waals surface area contributed by atoms with Gasteiger partial charge in [-0.1, -0.05) is 60.7 Å². The molecule has 0 spiro atoms. The highest BCUT2D eigenvalue weighted by Gasteiger charge is 2.63. The van der Waals surface area contributed by atoms with E-state index in [1.165, 1.54) is 11.1 Å². The summed E-state index contributed by atoms with van der Waals surface area (Å²) in [5, 5.41) is 6.72. The summed E-state index contributed by atoms with van der Waals surface area (Å²) >= 11 is 0. The van der Waals surface area contributed by atoms with Crippen LogP contribution < -0.4 is 10.6 Å². The highest BCUT2D eigenvalue weighted by Crippen LogP contribution is 2.65. The molecule has 224 valence electrons. The van der Waals surface area contributed by atoms with Crippen LogP contribution >= 0.6 is 0 Å². The number of piperidine rings is 1. The predicted octanol–water partition coefficient (Wildman–Crippen LogP) is 5.65. The number of hydrogen-bond acceptors (Lipinski definition) is 4. The molecule has 7 nitrogen and oxygen atoms in total. The van der Waals surface area contributed by atoms with Gasteiger partial charge in [0.15, 0.2) is 0 Å². The van der Waals surface area contributed by atoms with Crippen molar-refractivity contribution in [3.05, 3.63) is 71.8 Å². The third kappa shape index (κ3) is 5.80. The van der Waals surface area contributed by atoms with Gasteiger partial charge in [-0.3, -0.25) is 9.59 Å². The van der Waals surface area contributed by atoms with Crippen molar-refractivity contribution in [3.63, 3.8) is 0 Å². The zero-order chi connectivity index (χ0) is 29.2. The highest BCUT2D eigenvalue weighted by atomic mass is 16.6. The Hall–Kier alpha value is -3.35. The van der Waals surface area contributed by atoms with Crippen LogP contribution in [0.15, 0.2) is 60.7 Å². The quantitative estimate of drug-likeness (QED) is 0.407. The van der Waals surface area contributed by atoms with E-state index in [2.05, 4.69) is 59.2 Å². The van der Waals surface area contributed by atoms with Crippen molar-refractivity contribution < 1.29 is 19.1 Å². The number of ether oxygens (including phenoxy) is 1. The predicted molar refractivity (Wildman–Crippen MR) is 162 cm³/mol. The van der Waals surface area contributed by atoms with Crippen LogP contribution in [0.4, 0.5) is 4.79 Å². The Kier molecular flexibility index (Phi) is 8.28. The van der Waals surface area contributed by atoms with Crippen LogP contribution in [-0.4, -0.2) is 55.1 Å². The highest BCUT2D eigenvalue weighted by molar-refractivity contribution is 5.88. The molecule has 7 rings (SSSR count). The lowest BCUT2D eigenvalue weighted by Gasteiger charge is -2.60. The van der Waals surface area contributed by atoms with Crippen molar-refractivity contribution in [1.29, 1.82) is 0 Å². The topological polar surface area (TPSA) is 87.7 Å². The number of carbonyl (C=O) groups excluding carboxylic acids is 3. The van der Waals surface area contributed by atoms with Crippen LogP contribution in [0.5, 0.6) is 0 Å². The standard InChI is InChI=1S/C35H45N3O4/c1-2-42-33(41)38-17-14-29(15-18-38)37-32(40)35-22-25-19-26(23-35)21-34(20-25,24-35)31(39)36-16-13-30(27-9-5-3-6-10-27)28-11-7-4-8-12-28/h3-12,25-26,29-30H,2,13-24H2,1H3,(H,36,39)(H,37,40). The Balaban J connectivity index is 1.09. The molecule has 2 unspecified atom stereocenters. The molecule has 2 atom stereocenters. The van der Waals surface area contributed by atoms with Gasteiger partial charge < -0.3 is 20.3 Å². The summed E-state index contributed by atoms with van der Waals surface area (Å²) in [5.74, 6) is 1.38. The fourth-order valence-electron chi connectivity index (χ4n) is 8.97. The molecule has 3 amide bonds. The van der Waals surface area contributed by atoms with Crippen molar-refractivity contribution in [2.75, 3.05) is 26.2 Å². The number of rotatable bonds is 9. The number of benzene rings is 2. The molecular formula is C35H45N3O4. The van der Waals surface area contributed by atoms with Crippen molar-refractivity contribution in [3.8, 4) is 0 Å². The molecule has 2 N–H and O–H groups in total. The Labute approximate surface area is 249 Å². The Morgan fingerprint density at radius 1 is 0.857 bits per heavy atom. The molecule has 1 aliphatic heterocycles. The number of carbonyl (C=O) groups is 3. The maximum absolute atomic E-state index is 14.0. The van der Waals surface area contributed by atoms with Gasteiger partial charge in [-0.25, -0.2) is 4.79 Å². The lowest BCUT2D eigenvalue weighted by atomic mass is 9.43. The second kappa shape index (κ2) is 12.1. The monoisotopic (exact) mass is 571 g/mol. The van der Waals surface area contributed by atoms with Crippen LogP contribution in [0.2, 0.25) is 0 Å². The molecular weight excluding hydrogens is 526 g/mol. The summed E-state index contributed by atoms with van der Waals surface area (Å²) in [5.41, 5.74) is 1.63. The number of hydrogen-bond donors (Lipinski definition) is 2. The molecule has 4 saturated carbocycles. The fourth-order valence-corrected chi connectivity index (χ4v) is 8.97. The van der Waals surface area contributed by atoms with Gasteiger partial charge >= 0.3 is 6.09 Å². The molecule has 4 bridgehead atoms. The van der Waals surface area contributed by atoms with E-state index >= 15 is 0 Å². The van der Waals surface area contributed by atoms with Crippen molar-refractivity contribution in [1.82, 2.24) is 15.5 Å². The summed E-state index contributed by atoms with van der Waals surface area (Å²) in [4.78, 5) is 41.7. The Morgan fingerprint density at radius 3 is 1.95 bits per heavy atom. The number of nitrogens with zero attached hydrogens (tertiary/aromatic N) is 1. The molecule has 5 fully saturated rings. The van der Waals surface area contributed by atoms with Crippen LogP contribution in [-0.2, 0) is 14.3 Å². The zero-order valence-corrected chi connectivity index (χ0v) is 24.9. The average Bonchev–Trinajstić information content (AvgIpc) is 3.00. The van der Waals surface area contributed by atoms with Gasteiger partial charge in [-0.05, 0) is 87.7 Å². The summed E-state index contributed by atoms with van der Waals surface area (Å²) < 4.78 is 5.14. The van der Waals surface area contributed by atoms with Crippen LogP contribution in [0.1, 0.15) is 81.8 Å². The molecule has 2 aromatic rings. The first-order chi connectivity index (χ1) is 20.4. The first-order valence-corrected chi connectivity index (χ1v) is 16.0. The Bertz CT molecular complexity index is 1200. The third-order valence-corrected chi connectivity index (χ3v) is 10.5. The van der Waals surface area contributed by atoms with Crippen LogP contribution in [0, 0.1) is 22.7 Å². The molecule has 4 aliphatic carbocycles. The molecule has 2 aromatic carbocycles. The lowest BCUT2D eigenvalue weighted by Crippen LogP contribution is -2.62. The molecule has 1 heterocycles. The van der Waals surface area contributed by atoms with Crippen molar-refractivity contribution in [2.45, 2.75) is 76.7 Å². The van der Waals surface area contributed by atoms with Gasteiger partial charge in [0.1, 0.15) is 0 Å². The molecule has 1 saturated heterocycles.